The van der Waals surface area contributed by atoms with E-state index < -0.39 is 5.97 Å². The summed E-state index contributed by atoms with van der Waals surface area (Å²) in [5, 5.41) is 8.66. The van der Waals surface area contributed by atoms with Gasteiger partial charge in [0.1, 0.15) is 5.82 Å². The maximum Gasteiger partial charge on any atom is 0.309 e. The predicted octanol–water partition coefficient (Wildman–Crippen LogP) is 0.453. The molecule has 2 rings (SSSR count). The van der Waals surface area contributed by atoms with Gasteiger partial charge in [0.15, 0.2) is 0 Å². The molecule has 1 aliphatic heterocycles. The van der Waals surface area contributed by atoms with Gasteiger partial charge in [-0.2, -0.15) is 0 Å². The number of aryl methyl sites for hydroxylation is 1. The summed E-state index contributed by atoms with van der Waals surface area (Å²) >= 11 is 0. The summed E-state index contributed by atoms with van der Waals surface area (Å²) in [6, 6.07) is 1.33. The van der Waals surface area contributed by atoms with Crippen molar-refractivity contribution in [3.63, 3.8) is 0 Å². The molecule has 0 radical (unpaired) electrons. The number of hydrogen-bond donors (Lipinski definition) is 1. The van der Waals surface area contributed by atoms with Crippen LogP contribution in [0.5, 0.6) is 0 Å². The summed E-state index contributed by atoms with van der Waals surface area (Å²) < 4.78 is 1.65. The van der Waals surface area contributed by atoms with Crippen LogP contribution in [0.3, 0.4) is 0 Å². The molecule has 1 aromatic heterocycles. The summed E-state index contributed by atoms with van der Waals surface area (Å²) in [4.78, 5) is 26.5. The van der Waals surface area contributed by atoms with E-state index in [1.54, 1.807) is 4.57 Å². The Bertz CT molecular complexity index is 479. The lowest BCUT2D eigenvalue weighted by Gasteiger charge is -2.22. The van der Waals surface area contributed by atoms with Gasteiger partial charge in [-0.05, 0) is 12.3 Å². The molecule has 5 nitrogen and oxygen atoms in total. The van der Waals surface area contributed by atoms with Crippen molar-refractivity contribution in [3.8, 4) is 0 Å². The fraction of sp³-hybridized carbons (Fsp3) is 0.545. The summed E-state index contributed by atoms with van der Waals surface area (Å²) in [5.74, 6) is 0.250. The van der Waals surface area contributed by atoms with Gasteiger partial charge in [-0.3, -0.25) is 14.2 Å². The van der Waals surface area contributed by atoms with Crippen molar-refractivity contribution in [2.45, 2.75) is 32.7 Å². The smallest absolute Gasteiger partial charge is 0.309 e. The lowest BCUT2D eigenvalue weighted by Crippen LogP contribution is -2.32. The Morgan fingerprint density at radius 3 is 3.12 bits per heavy atom. The summed E-state index contributed by atoms with van der Waals surface area (Å²) in [5.41, 5.74) is 0.228. The Labute approximate surface area is 92.7 Å². The molecule has 5 heteroatoms. The largest absolute Gasteiger partial charge is 0.481 e. The molecule has 1 aliphatic rings. The van der Waals surface area contributed by atoms with Gasteiger partial charge in [0, 0.05) is 19.0 Å². The highest BCUT2D eigenvalue weighted by Gasteiger charge is 2.18. The number of rotatable bonds is 2. The first-order valence-corrected chi connectivity index (χ1v) is 5.37. The first kappa shape index (κ1) is 10.9. The van der Waals surface area contributed by atoms with E-state index in [0.717, 1.165) is 18.7 Å². The van der Waals surface area contributed by atoms with E-state index in [9.17, 15) is 9.59 Å². The van der Waals surface area contributed by atoms with E-state index in [1.165, 1.54) is 6.07 Å². The molecular weight excluding hydrogens is 208 g/mol. The number of hydrogen-bond acceptors (Lipinski definition) is 3. The molecule has 0 aliphatic carbocycles. The van der Waals surface area contributed by atoms with E-state index >= 15 is 0 Å². The Hall–Kier alpha value is -1.65. The molecule has 1 atom stereocenters. The molecule has 16 heavy (non-hydrogen) atoms. The van der Waals surface area contributed by atoms with Gasteiger partial charge in [0.25, 0.3) is 5.56 Å². The fourth-order valence-corrected chi connectivity index (χ4v) is 2.02. The molecule has 1 unspecified atom stereocenters. The maximum atomic E-state index is 11.7. The molecule has 0 saturated heterocycles. The van der Waals surface area contributed by atoms with Crippen molar-refractivity contribution < 1.29 is 9.90 Å². The van der Waals surface area contributed by atoms with E-state index in [0.29, 0.717) is 18.2 Å². The van der Waals surface area contributed by atoms with Crippen molar-refractivity contribution in [1.82, 2.24) is 9.55 Å². The van der Waals surface area contributed by atoms with Crippen LogP contribution in [0.4, 0.5) is 0 Å². The van der Waals surface area contributed by atoms with Crippen LogP contribution in [0, 0.1) is 5.92 Å². The van der Waals surface area contributed by atoms with Crippen molar-refractivity contribution >= 4 is 5.97 Å². The summed E-state index contributed by atoms with van der Waals surface area (Å²) in [6.45, 7) is 2.79. The number of aliphatic carboxylic acids is 1. The molecule has 0 spiro atoms. The molecule has 0 fully saturated rings. The maximum absolute atomic E-state index is 11.7. The van der Waals surface area contributed by atoms with Crippen LogP contribution in [0.2, 0.25) is 0 Å². The Balaban J connectivity index is 2.39. The zero-order chi connectivity index (χ0) is 11.7. The van der Waals surface area contributed by atoms with E-state index in [4.69, 9.17) is 5.11 Å². The van der Waals surface area contributed by atoms with Crippen molar-refractivity contribution in [3.05, 3.63) is 27.9 Å². The second-order valence-corrected chi connectivity index (χ2v) is 4.33. The molecular formula is C11H14N2O3. The van der Waals surface area contributed by atoms with Gasteiger partial charge in [-0.1, -0.05) is 6.92 Å². The number of aromatic nitrogens is 2. The second-order valence-electron chi connectivity index (χ2n) is 4.33. The molecule has 2 heterocycles. The highest BCUT2D eigenvalue weighted by atomic mass is 16.4. The van der Waals surface area contributed by atoms with Crippen LogP contribution >= 0.6 is 0 Å². The van der Waals surface area contributed by atoms with Crippen LogP contribution < -0.4 is 5.56 Å². The average Bonchev–Trinajstić information content (AvgIpc) is 2.18. The number of carboxylic acid groups (broad SMARTS) is 1. The number of nitrogens with zero attached hydrogens (tertiary/aromatic N) is 2. The minimum absolute atomic E-state index is 0.132. The molecule has 0 saturated carbocycles. The van der Waals surface area contributed by atoms with Crippen molar-refractivity contribution in [2.75, 3.05) is 0 Å². The summed E-state index contributed by atoms with van der Waals surface area (Å²) in [7, 11) is 0. The van der Waals surface area contributed by atoms with Crippen LogP contribution in [0.1, 0.15) is 24.9 Å². The van der Waals surface area contributed by atoms with Crippen LogP contribution in [-0.2, 0) is 24.2 Å². The van der Waals surface area contributed by atoms with Gasteiger partial charge in [-0.15, -0.1) is 0 Å². The summed E-state index contributed by atoms with van der Waals surface area (Å²) in [6.07, 6.45) is 1.57. The minimum Gasteiger partial charge on any atom is -0.481 e. The average molecular weight is 222 g/mol. The first-order valence-electron chi connectivity index (χ1n) is 5.37. The van der Waals surface area contributed by atoms with Gasteiger partial charge >= 0.3 is 5.97 Å². The topological polar surface area (TPSA) is 72.2 Å². The highest BCUT2D eigenvalue weighted by Crippen LogP contribution is 2.16. The van der Waals surface area contributed by atoms with E-state index in [2.05, 4.69) is 11.9 Å². The lowest BCUT2D eigenvalue weighted by molar-refractivity contribution is -0.136. The van der Waals surface area contributed by atoms with Gasteiger partial charge < -0.3 is 5.11 Å². The number of fused-ring (bicyclic) bond motifs is 1. The third-order valence-corrected chi connectivity index (χ3v) is 2.83. The predicted molar refractivity (Wildman–Crippen MR) is 57.3 cm³/mol. The van der Waals surface area contributed by atoms with Gasteiger partial charge in [0.05, 0.1) is 12.1 Å². The molecule has 0 bridgehead atoms. The van der Waals surface area contributed by atoms with Gasteiger partial charge in [-0.25, -0.2) is 4.98 Å². The Morgan fingerprint density at radius 1 is 1.69 bits per heavy atom. The fourth-order valence-electron chi connectivity index (χ4n) is 2.02. The Morgan fingerprint density at radius 2 is 2.44 bits per heavy atom. The monoisotopic (exact) mass is 222 g/mol. The number of carbonyl (C=O) groups is 1. The zero-order valence-corrected chi connectivity index (χ0v) is 9.14. The molecule has 0 aromatic carbocycles. The quantitative estimate of drug-likeness (QED) is 0.788. The van der Waals surface area contributed by atoms with Crippen molar-refractivity contribution in [2.24, 2.45) is 5.92 Å². The van der Waals surface area contributed by atoms with Crippen LogP contribution in [0.25, 0.3) is 0 Å². The zero-order valence-electron chi connectivity index (χ0n) is 9.14. The highest BCUT2D eigenvalue weighted by molar-refractivity contribution is 5.69. The molecule has 1 N–H and O–H groups in total. The lowest BCUT2D eigenvalue weighted by atomic mass is 10.0. The second kappa shape index (κ2) is 4.08. The van der Waals surface area contributed by atoms with Crippen LogP contribution in [0.15, 0.2) is 10.9 Å². The van der Waals surface area contributed by atoms with E-state index in [-0.39, 0.29) is 12.0 Å². The third-order valence-electron chi connectivity index (χ3n) is 2.83. The molecule has 1 aromatic rings. The minimum atomic E-state index is -0.957. The molecule has 86 valence electrons. The van der Waals surface area contributed by atoms with Gasteiger partial charge in [0.2, 0.25) is 0 Å². The van der Waals surface area contributed by atoms with Crippen molar-refractivity contribution in [1.29, 1.82) is 0 Å². The normalized spacial score (nSPS) is 19.2. The third kappa shape index (κ3) is 2.13. The molecule has 0 amide bonds. The van der Waals surface area contributed by atoms with E-state index in [1.807, 2.05) is 0 Å². The SMILES string of the molecule is CC1CCc2nc(CC(=O)O)cc(=O)n2C1. The standard InChI is InChI=1S/C11H14N2O3/c1-7-2-3-9-12-8(5-11(15)16)4-10(14)13(9)6-7/h4,7H,2-3,5-6H2,1H3,(H,15,16). The first-order chi connectivity index (χ1) is 7.56. The van der Waals surface area contributed by atoms with Crippen LogP contribution in [-0.4, -0.2) is 20.6 Å². The number of carboxylic acids is 1. The Kier molecular flexibility index (Phi) is 2.77.